The highest BCUT2D eigenvalue weighted by Crippen LogP contribution is 2.40. The molecule has 0 fully saturated rings. The minimum Gasteiger partial charge on any atom is -0.281 e. The summed E-state index contributed by atoms with van der Waals surface area (Å²) >= 11 is 0. The number of halogens is 5. The van der Waals surface area contributed by atoms with Gasteiger partial charge in [0.05, 0.1) is 15.8 Å². The first kappa shape index (κ1) is 27.1. The molecular weight excluding hydrogens is 539 g/mol. The van der Waals surface area contributed by atoms with Crippen LogP contribution < -0.4 is 0 Å². The van der Waals surface area contributed by atoms with Gasteiger partial charge in [-0.1, -0.05) is 42.5 Å². The van der Waals surface area contributed by atoms with Gasteiger partial charge in [0.1, 0.15) is 0 Å². The fourth-order valence-electron chi connectivity index (χ4n) is 2.90. The number of benzene rings is 3. The van der Waals surface area contributed by atoms with E-state index in [-0.39, 0.29) is 0 Å². The quantitative estimate of drug-likeness (QED) is 0.184. The van der Waals surface area contributed by atoms with E-state index in [9.17, 15) is 38.8 Å². The fourth-order valence-corrected chi connectivity index (χ4v) is 6.73. The maximum Gasteiger partial charge on any atom is 0.423 e. The van der Waals surface area contributed by atoms with Gasteiger partial charge < -0.3 is 0 Å². The molecule has 188 valence electrons. The first-order chi connectivity index (χ1) is 16.1. The lowest BCUT2D eigenvalue weighted by molar-refractivity contribution is -0.237. The van der Waals surface area contributed by atoms with Crippen molar-refractivity contribution in [3.05, 3.63) is 84.9 Å². The van der Waals surface area contributed by atoms with Gasteiger partial charge in [0, 0.05) is 6.07 Å². The molecule has 14 heteroatoms. The van der Waals surface area contributed by atoms with Crippen LogP contribution in [0.15, 0.2) is 105 Å². The molecular formula is C21H16F5O6S3+. The van der Waals surface area contributed by atoms with Crippen LogP contribution in [0, 0.1) is 0 Å². The van der Waals surface area contributed by atoms with E-state index in [0.717, 1.165) is 21.9 Å². The van der Waals surface area contributed by atoms with Gasteiger partial charge in [-0.2, -0.15) is 38.8 Å². The lowest BCUT2D eigenvalue weighted by Gasteiger charge is -2.25. The second-order valence-corrected chi connectivity index (χ2v) is 12.0. The topological polar surface area (TPSA) is 97.7 Å². The molecule has 0 aliphatic carbocycles. The van der Waals surface area contributed by atoms with E-state index in [2.05, 4.69) is 4.18 Å². The number of alkyl halides is 5. The normalized spacial score (nSPS) is 14.1. The Labute approximate surface area is 200 Å². The molecule has 1 atom stereocenters. The summed E-state index contributed by atoms with van der Waals surface area (Å²) in [4.78, 5) is 0.831. The summed E-state index contributed by atoms with van der Waals surface area (Å²) in [6, 6.07) is 21.9. The number of hydrogen-bond donors (Lipinski definition) is 1. The van der Waals surface area contributed by atoms with E-state index >= 15 is 0 Å². The standard InChI is InChI=1S/C21H15F5O6S3/c22-20(23,24)19(21(25,26)35(29,30)31)32-34(27,28)18-13-7-12-17(14-18)33(15-8-3-1-4-9-15)16-10-5-2-6-11-16/h1-14,19H/p+1. The lowest BCUT2D eigenvalue weighted by Crippen LogP contribution is -2.52. The highest BCUT2D eigenvalue weighted by Gasteiger charge is 2.66. The Morgan fingerprint density at radius 3 is 1.60 bits per heavy atom. The van der Waals surface area contributed by atoms with Crippen LogP contribution >= 0.6 is 0 Å². The molecule has 0 aromatic heterocycles. The molecule has 1 N–H and O–H groups in total. The Hall–Kier alpha value is -2.52. The minimum absolute atomic E-state index is 0.303. The molecule has 0 spiro atoms. The van der Waals surface area contributed by atoms with E-state index in [1.807, 2.05) is 0 Å². The van der Waals surface area contributed by atoms with Crippen molar-refractivity contribution in [2.24, 2.45) is 0 Å². The molecule has 0 saturated carbocycles. The molecule has 0 radical (unpaired) electrons. The first-order valence-electron chi connectivity index (χ1n) is 9.44. The Balaban J connectivity index is 2.09. The molecule has 0 aliphatic heterocycles. The Kier molecular flexibility index (Phi) is 7.62. The third-order valence-electron chi connectivity index (χ3n) is 4.46. The van der Waals surface area contributed by atoms with Crippen LogP contribution in [0.2, 0.25) is 0 Å². The zero-order valence-electron chi connectivity index (χ0n) is 17.3. The molecule has 0 saturated heterocycles. The van der Waals surface area contributed by atoms with E-state index < -0.39 is 53.6 Å². The molecule has 6 nitrogen and oxygen atoms in total. The fraction of sp³-hybridized carbons (Fsp3) is 0.143. The first-order valence-corrected chi connectivity index (χ1v) is 13.5. The van der Waals surface area contributed by atoms with Crippen molar-refractivity contribution in [3.63, 3.8) is 0 Å². The van der Waals surface area contributed by atoms with Gasteiger partial charge in [-0.15, -0.1) is 0 Å². The van der Waals surface area contributed by atoms with Gasteiger partial charge in [0.2, 0.25) is 0 Å². The summed E-state index contributed by atoms with van der Waals surface area (Å²) in [5.74, 6) is 0. The maximum atomic E-state index is 13.8. The third kappa shape index (κ3) is 6.01. The number of rotatable bonds is 8. The average Bonchev–Trinajstić information content (AvgIpc) is 2.78. The van der Waals surface area contributed by atoms with Crippen LogP contribution in [-0.2, 0) is 35.3 Å². The minimum atomic E-state index is -6.67. The van der Waals surface area contributed by atoms with E-state index in [0.29, 0.717) is 4.90 Å². The average molecular weight is 556 g/mol. The van der Waals surface area contributed by atoms with Crippen LogP contribution in [0.25, 0.3) is 0 Å². The zero-order chi connectivity index (χ0) is 26.1. The zero-order valence-corrected chi connectivity index (χ0v) is 19.7. The third-order valence-corrected chi connectivity index (χ3v) is 8.85. The van der Waals surface area contributed by atoms with E-state index in [1.54, 1.807) is 60.7 Å². The predicted molar refractivity (Wildman–Crippen MR) is 116 cm³/mol. The molecule has 0 aliphatic rings. The SMILES string of the molecule is O=S(=O)(OC(C(F)(F)F)C(F)(F)S(=O)(=O)O)c1cccc([S+](c2ccccc2)c2ccccc2)c1. The monoisotopic (exact) mass is 555 g/mol. The van der Waals surface area contributed by atoms with Gasteiger partial charge in [0.15, 0.2) is 14.7 Å². The highest BCUT2D eigenvalue weighted by atomic mass is 32.2. The molecule has 35 heavy (non-hydrogen) atoms. The van der Waals surface area contributed by atoms with Crippen molar-refractivity contribution < 1.29 is 47.5 Å². The van der Waals surface area contributed by atoms with Gasteiger partial charge in [-0.3, -0.25) is 4.55 Å². The summed E-state index contributed by atoms with van der Waals surface area (Å²) in [5.41, 5.74) is 0. The van der Waals surface area contributed by atoms with Crippen molar-refractivity contribution in [3.8, 4) is 0 Å². The molecule has 3 aromatic carbocycles. The molecule has 0 bridgehead atoms. The Bertz CT molecular complexity index is 1340. The second-order valence-electron chi connectivity index (χ2n) is 6.92. The van der Waals surface area contributed by atoms with Gasteiger partial charge in [-0.25, -0.2) is 4.18 Å². The van der Waals surface area contributed by atoms with Crippen molar-refractivity contribution in [2.45, 2.75) is 37.1 Å². The molecule has 1 unspecified atom stereocenters. The van der Waals surface area contributed by atoms with Crippen LogP contribution in [-0.4, -0.2) is 38.9 Å². The van der Waals surface area contributed by atoms with Crippen molar-refractivity contribution in [1.82, 2.24) is 0 Å². The maximum absolute atomic E-state index is 13.8. The summed E-state index contributed by atoms with van der Waals surface area (Å²) in [5, 5.41) is -5.99. The summed E-state index contributed by atoms with van der Waals surface area (Å²) in [6.45, 7) is 0. The van der Waals surface area contributed by atoms with Crippen LogP contribution in [0.1, 0.15) is 0 Å². The molecule has 0 heterocycles. The largest absolute Gasteiger partial charge is 0.423 e. The Morgan fingerprint density at radius 2 is 1.17 bits per heavy atom. The molecule has 3 rings (SSSR count). The van der Waals surface area contributed by atoms with E-state index in [1.165, 1.54) is 12.1 Å². The number of hydrogen-bond acceptors (Lipinski definition) is 5. The molecule has 0 amide bonds. The highest BCUT2D eigenvalue weighted by molar-refractivity contribution is 7.97. The van der Waals surface area contributed by atoms with Gasteiger partial charge in [0.25, 0.3) is 16.2 Å². The van der Waals surface area contributed by atoms with E-state index in [4.69, 9.17) is 4.55 Å². The van der Waals surface area contributed by atoms with Crippen molar-refractivity contribution in [2.75, 3.05) is 0 Å². The van der Waals surface area contributed by atoms with Crippen molar-refractivity contribution in [1.29, 1.82) is 0 Å². The smallest absolute Gasteiger partial charge is 0.281 e. The van der Waals surface area contributed by atoms with Gasteiger partial charge >= 0.3 is 21.5 Å². The van der Waals surface area contributed by atoms with Crippen LogP contribution in [0.5, 0.6) is 0 Å². The summed E-state index contributed by atoms with van der Waals surface area (Å²) in [7, 11) is -13.2. The second kappa shape index (κ2) is 9.85. The summed E-state index contributed by atoms with van der Waals surface area (Å²) in [6.07, 6.45) is -10.8. The summed E-state index contributed by atoms with van der Waals surface area (Å²) < 4.78 is 126. The lowest BCUT2D eigenvalue weighted by atomic mass is 10.3. The van der Waals surface area contributed by atoms with Crippen LogP contribution in [0.4, 0.5) is 22.0 Å². The van der Waals surface area contributed by atoms with Crippen LogP contribution in [0.3, 0.4) is 0 Å². The predicted octanol–water partition coefficient (Wildman–Crippen LogP) is 4.90. The Morgan fingerprint density at radius 1 is 0.714 bits per heavy atom. The van der Waals surface area contributed by atoms with Crippen molar-refractivity contribution >= 4 is 31.1 Å². The molecule has 3 aromatic rings. The van der Waals surface area contributed by atoms with Gasteiger partial charge in [-0.05, 0) is 36.4 Å².